The number of piperidine rings is 1. The third-order valence-corrected chi connectivity index (χ3v) is 7.59. The molecular formula is C26H32Cl2F2N2O4S. The first kappa shape index (κ1) is 29.6. The van der Waals surface area contributed by atoms with Gasteiger partial charge in [0, 0.05) is 16.1 Å². The minimum absolute atomic E-state index is 0.163. The van der Waals surface area contributed by atoms with Crippen LogP contribution in [0.2, 0.25) is 10.0 Å². The number of nitrogens with zero attached hydrogens (tertiary/aromatic N) is 1. The number of sulfonamides is 1. The van der Waals surface area contributed by atoms with Crippen molar-refractivity contribution >= 4 is 39.1 Å². The topological polar surface area (TPSA) is 75.7 Å². The highest BCUT2D eigenvalue weighted by Gasteiger charge is 2.30. The van der Waals surface area contributed by atoms with Crippen molar-refractivity contribution in [2.45, 2.75) is 38.6 Å². The van der Waals surface area contributed by atoms with Crippen molar-refractivity contribution in [1.82, 2.24) is 9.62 Å². The molecule has 1 aliphatic carbocycles. The Bertz CT molecular complexity index is 1170. The average molecular weight is 578 g/mol. The van der Waals surface area contributed by atoms with E-state index in [4.69, 9.17) is 27.9 Å². The molecule has 1 heterocycles. The number of carbonyl (C=O) groups excluding carboxylic acids is 1. The number of hydrogen-bond acceptors (Lipinski definition) is 5. The molecule has 0 aromatic heterocycles. The standard InChI is InChI=1S/C26H32Cl2F2N2O4S/c1-16(19-4-5-19)25(13-23(30)17(2)26(33)31-37(3,34)35)36-15-18-6-8-32(9-7-18)24(14-29)20-10-21(27)12-22(28)11-20/h10-13,18-19,24H,1,4-9,14-15H2,2-3H3,(H,31,33)/b23-17-,25-13+. The Balaban J connectivity index is 1.64. The van der Waals surface area contributed by atoms with Crippen LogP contribution in [-0.2, 0) is 19.6 Å². The second-order valence-electron chi connectivity index (χ2n) is 9.65. The zero-order valence-corrected chi connectivity index (χ0v) is 23.2. The molecule has 2 aliphatic rings. The van der Waals surface area contributed by atoms with Crippen LogP contribution in [0.4, 0.5) is 8.78 Å². The minimum atomic E-state index is -3.82. The van der Waals surface area contributed by atoms with Gasteiger partial charge in [0.2, 0.25) is 10.0 Å². The van der Waals surface area contributed by atoms with E-state index in [1.807, 2.05) is 0 Å². The summed E-state index contributed by atoms with van der Waals surface area (Å²) < 4.78 is 59.2. The zero-order chi connectivity index (χ0) is 27.3. The molecule has 6 nitrogen and oxygen atoms in total. The first-order chi connectivity index (χ1) is 17.4. The number of likely N-dealkylation sites (tertiary alicyclic amines) is 1. The van der Waals surface area contributed by atoms with E-state index in [1.165, 1.54) is 6.92 Å². The number of carbonyl (C=O) groups is 1. The van der Waals surface area contributed by atoms with Gasteiger partial charge in [-0.05, 0) is 86.9 Å². The molecule has 0 spiro atoms. The van der Waals surface area contributed by atoms with Crippen LogP contribution < -0.4 is 4.72 Å². The van der Waals surface area contributed by atoms with E-state index in [-0.39, 0.29) is 23.2 Å². The van der Waals surface area contributed by atoms with Gasteiger partial charge in [0.1, 0.15) is 18.3 Å². The number of amides is 1. The van der Waals surface area contributed by atoms with Crippen LogP contribution in [0.5, 0.6) is 0 Å². The van der Waals surface area contributed by atoms with Gasteiger partial charge in [-0.2, -0.15) is 0 Å². The summed E-state index contributed by atoms with van der Waals surface area (Å²) in [5, 5.41) is 0.925. The van der Waals surface area contributed by atoms with Crippen LogP contribution in [0.3, 0.4) is 0 Å². The Labute approximate surface area is 227 Å². The van der Waals surface area contributed by atoms with Crippen LogP contribution in [0.25, 0.3) is 0 Å². The van der Waals surface area contributed by atoms with Crippen molar-refractivity contribution in [2.24, 2.45) is 11.8 Å². The highest BCUT2D eigenvalue weighted by atomic mass is 35.5. The van der Waals surface area contributed by atoms with E-state index in [9.17, 15) is 22.0 Å². The number of allylic oxidation sites excluding steroid dienone is 3. The number of nitrogens with one attached hydrogen (secondary N) is 1. The van der Waals surface area contributed by atoms with Crippen molar-refractivity contribution in [3.8, 4) is 0 Å². The molecule has 1 amide bonds. The Kier molecular flexibility index (Phi) is 10.2. The van der Waals surface area contributed by atoms with Gasteiger partial charge in [-0.3, -0.25) is 9.69 Å². The maximum Gasteiger partial charge on any atom is 0.263 e. The lowest BCUT2D eigenvalue weighted by Crippen LogP contribution is -2.38. The molecule has 1 aromatic carbocycles. The molecule has 37 heavy (non-hydrogen) atoms. The lowest BCUT2D eigenvalue weighted by Gasteiger charge is -2.36. The van der Waals surface area contributed by atoms with Crippen molar-refractivity contribution in [2.75, 3.05) is 32.6 Å². The highest BCUT2D eigenvalue weighted by Crippen LogP contribution is 2.40. The summed E-state index contributed by atoms with van der Waals surface area (Å²) in [5.41, 5.74) is 1.01. The lowest BCUT2D eigenvalue weighted by atomic mass is 9.95. The van der Waals surface area contributed by atoms with Crippen LogP contribution >= 0.6 is 23.2 Å². The summed E-state index contributed by atoms with van der Waals surface area (Å²) in [5.74, 6) is -1.32. The van der Waals surface area contributed by atoms with Crippen molar-refractivity contribution in [1.29, 1.82) is 0 Å². The molecule has 1 aromatic rings. The number of benzene rings is 1. The van der Waals surface area contributed by atoms with Gasteiger partial charge >= 0.3 is 0 Å². The van der Waals surface area contributed by atoms with Gasteiger partial charge in [0.25, 0.3) is 5.91 Å². The molecule has 1 saturated heterocycles. The van der Waals surface area contributed by atoms with Crippen LogP contribution in [0, 0.1) is 11.8 Å². The maximum atomic E-state index is 14.8. The van der Waals surface area contributed by atoms with Gasteiger partial charge in [-0.15, -0.1) is 0 Å². The van der Waals surface area contributed by atoms with E-state index < -0.39 is 34.5 Å². The number of halogens is 4. The van der Waals surface area contributed by atoms with Crippen molar-refractivity contribution in [3.05, 3.63) is 69.2 Å². The van der Waals surface area contributed by atoms with Crippen molar-refractivity contribution < 1.29 is 26.7 Å². The number of alkyl halides is 1. The molecular weight excluding hydrogens is 545 g/mol. The quantitative estimate of drug-likeness (QED) is 0.201. The fraction of sp³-hybridized carbons (Fsp3) is 0.500. The van der Waals surface area contributed by atoms with Crippen LogP contribution in [0.15, 0.2) is 53.6 Å². The average Bonchev–Trinajstić information content (AvgIpc) is 3.66. The summed E-state index contributed by atoms with van der Waals surface area (Å²) in [6.07, 6.45) is 5.28. The Morgan fingerprint density at radius 3 is 2.32 bits per heavy atom. The summed E-state index contributed by atoms with van der Waals surface area (Å²) in [6.45, 7) is 6.29. The van der Waals surface area contributed by atoms with Gasteiger partial charge in [0.05, 0.1) is 24.5 Å². The van der Waals surface area contributed by atoms with E-state index >= 15 is 0 Å². The third kappa shape index (κ3) is 8.80. The van der Waals surface area contributed by atoms with Gasteiger partial charge in [-0.25, -0.2) is 21.9 Å². The molecule has 11 heteroatoms. The molecule has 1 N–H and O–H groups in total. The summed E-state index contributed by atoms with van der Waals surface area (Å²) in [4.78, 5) is 14.1. The fourth-order valence-electron chi connectivity index (χ4n) is 4.24. The van der Waals surface area contributed by atoms with Crippen LogP contribution in [0.1, 0.15) is 44.2 Å². The highest BCUT2D eigenvalue weighted by molar-refractivity contribution is 7.89. The number of hydrogen-bond donors (Lipinski definition) is 1. The predicted molar refractivity (Wildman–Crippen MR) is 142 cm³/mol. The molecule has 2 fully saturated rings. The first-order valence-electron chi connectivity index (χ1n) is 12.1. The normalized spacial score (nSPS) is 19.2. The summed E-state index contributed by atoms with van der Waals surface area (Å²) >= 11 is 12.2. The molecule has 0 radical (unpaired) electrons. The van der Waals surface area contributed by atoms with Gasteiger partial charge in [0.15, 0.2) is 0 Å². The molecule has 1 atom stereocenters. The van der Waals surface area contributed by atoms with E-state index in [0.717, 1.165) is 43.6 Å². The minimum Gasteiger partial charge on any atom is -0.493 e. The van der Waals surface area contributed by atoms with E-state index in [2.05, 4.69) is 11.5 Å². The maximum absolute atomic E-state index is 14.8. The second kappa shape index (κ2) is 12.7. The van der Waals surface area contributed by atoms with E-state index in [0.29, 0.717) is 35.3 Å². The Hall–Kier alpha value is -1.94. The summed E-state index contributed by atoms with van der Waals surface area (Å²) in [7, 11) is -3.82. The smallest absolute Gasteiger partial charge is 0.263 e. The Morgan fingerprint density at radius 2 is 1.81 bits per heavy atom. The lowest BCUT2D eigenvalue weighted by molar-refractivity contribution is -0.115. The second-order valence-corrected chi connectivity index (χ2v) is 12.3. The Morgan fingerprint density at radius 1 is 1.22 bits per heavy atom. The third-order valence-electron chi connectivity index (χ3n) is 6.60. The van der Waals surface area contributed by atoms with Gasteiger partial charge < -0.3 is 4.74 Å². The molecule has 1 aliphatic heterocycles. The largest absolute Gasteiger partial charge is 0.493 e. The summed E-state index contributed by atoms with van der Waals surface area (Å²) in [6, 6.07) is 4.63. The fourth-order valence-corrected chi connectivity index (χ4v) is 5.27. The molecule has 3 rings (SSSR count). The molecule has 1 saturated carbocycles. The number of ether oxygens (including phenoxy) is 1. The molecule has 204 valence electrons. The predicted octanol–water partition coefficient (Wildman–Crippen LogP) is 5.90. The molecule has 1 unspecified atom stereocenters. The SMILES string of the molecule is C=C(/C(=C\C(F)=C(/C)C(=O)NS(C)(=O)=O)OCC1CCN(C(CF)c2cc(Cl)cc(Cl)c2)CC1)C1CC1. The van der Waals surface area contributed by atoms with Crippen LogP contribution in [-0.4, -0.2) is 51.9 Å². The first-order valence-corrected chi connectivity index (χ1v) is 14.7. The van der Waals surface area contributed by atoms with Crippen molar-refractivity contribution in [3.63, 3.8) is 0 Å². The van der Waals surface area contributed by atoms with E-state index in [1.54, 1.807) is 22.9 Å². The zero-order valence-electron chi connectivity index (χ0n) is 20.9. The molecule has 0 bridgehead atoms. The number of rotatable bonds is 11. The monoisotopic (exact) mass is 576 g/mol. The van der Waals surface area contributed by atoms with Gasteiger partial charge in [-0.1, -0.05) is 29.8 Å².